The number of aryl methyl sites for hydroxylation is 1. The predicted molar refractivity (Wildman–Crippen MR) is 129 cm³/mol. The number of hydrogen-bond acceptors (Lipinski definition) is 4. The van der Waals surface area contributed by atoms with E-state index < -0.39 is 17.7 Å². The fourth-order valence-corrected chi connectivity index (χ4v) is 4.04. The molecule has 5 nitrogen and oxygen atoms in total. The first kappa shape index (κ1) is 22.3. The van der Waals surface area contributed by atoms with Gasteiger partial charge in [0.05, 0.1) is 18.2 Å². The topological polar surface area (TPSA) is 66.8 Å². The van der Waals surface area contributed by atoms with Crippen LogP contribution in [0.25, 0.3) is 5.76 Å². The SMILES string of the molecule is CCCOc1cccc(N2C(=O)C(=O)/C(=C(/O)c3ccccc3)C2c2ccc(CC)cc2)c1. The van der Waals surface area contributed by atoms with Crippen LogP contribution in [-0.4, -0.2) is 23.4 Å². The molecule has 1 saturated heterocycles. The van der Waals surface area contributed by atoms with Gasteiger partial charge in [-0.05, 0) is 36.1 Å². The van der Waals surface area contributed by atoms with Crippen molar-refractivity contribution < 1.29 is 19.4 Å². The monoisotopic (exact) mass is 441 g/mol. The summed E-state index contributed by atoms with van der Waals surface area (Å²) in [6, 6.07) is 23.0. The Bertz CT molecular complexity index is 1180. The first-order chi connectivity index (χ1) is 16.0. The van der Waals surface area contributed by atoms with Crippen molar-refractivity contribution in [3.8, 4) is 5.75 Å². The largest absolute Gasteiger partial charge is 0.507 e. The second kappa shape index (κ2) is 9.74. The van der Waals surface area contributed by atoms with Crippen LogP contribution in [0.4, 0.5) is 5.69 Å². The molecule has 0 radical (unpaired) electrons. The van der Waals surface area contributed by atoms with Crippen molar-refractivity contribution >= 4 is 23.1 Å². The highest BCUT2D eigenvalue weighted by Crippen LogP contribution is 2.42. The van der Waals surface area contributed by atoms with Crippen LogP contribution < -0.4 is 9.64 Å². The molecule has 0 aliphatic carbocycles. The Morgan fingerprint density at radius 3 is 2.33 bits per heavy atom. The van der Waals surface area contributed by atoms with E-state index in [0.29, 0.717) is 23.6 Å². The number of benzene rings is 3. The molecule has 0 aromatic heterocycles. The summed E-state index contributed by atoms with van der Waals surface area (Å²) >= 11 is 0. The van der Waals surface area contributed by atoms with Crippen molar-refractivity contribution in [2.24, 2.45) is 0 Å². The number of anilines is 1. The van der Waals surface area contributed by atoms with Crippen molar-refractivity contribution in [2.75, 3.05) is 11.5 Å². The van der Waals surface area contributed by atoms with E-state index in [-0.39, 0.29) is 11.3 Å². The molecule has 0 saturated carbocycles. The molecule has 1 heterocycles. The van der Waals surface area contributed by atoms with Crippen molar-refractivity contribution in [2.45, 2.75) is 32.7 Å². The van der Waals surface area contributed by atoms with Crippen molar-refractivity contribution in [3.05, 3.63) is 101 Å². The number of amides is 1. The molecule has 1 atom stereocenters. The second-order valence-corrected chi connectivity index (χ2v) is 7.98. The molecule has 1 aliphatic heterocycles. The average Bonchev–Trinajstić information content (AvgIpc) is 3.13. The third-order valence-corrected chi connectivity index (χ3v) is 5.76. The molecule has 1 N–H and O–H groups in total. The van der Waals surface area contributed by atoms with Gasteiger partial charge in [-0.15, -0.1) is 0 Å². The molecular formula is C28H27NO4. The third-order valence-electron chi connectivity index (χ3n) is 5.76. The van der Waals surface area contributed by atoms with E-state index in [1.54, 1.807) is 42.5 Å². The Labute approximate surface area is 193 Å². The lowest BCUT2D eigenvalue weighted by Gasteiger charge is -2.26. The van der Waals surface area contributed by atoms with E-state index >= 15 is 0 Å². The van der Waals surface area contributed by atoms with Crippen LogP contribution >= 0.6 is 0 Å². The molecule has 4 rings (SSSR count). The lowest BCUT2D eigenvalue weighted by Crippen LogP contribution is -2.29. The van der Waals surface area contributed by atoms with Gasteiger partial charge in [-0.1, -0.05) is 74.5 Å². The van der Waals surface area contributed by atoms with Gasteiger partial charge < -0.3 is 9.84 Å². The molecule has 168 valence electrons. The normalized spacial score (nSPS) is 17.4. The van der Waals surface area contributed by atoms with E-state index in [1.807, 2.05) is 43.3 Å². The molecule has 3 aromatic carbocycles. The minimum Gasteiger partial charge on any atom is -0.507 e. The van der Waals surface area contributed by atoms with Crippen molar-refractivity contribution in [1.29, 1.82) is 0 Å². The number of rotatable bonds is 7. The zero-order chi connectivity index (χ0) is 23.4. The summed E-state index contributed by atoms with van der Waals surface area (Å²) in [6.45, 7) is 4.64. The number of carbonyl (C=O) groups is 2. The van der Waals surface area contributed by atoms with E-state index in [4.69, 9.17) is 4.74 Å². The third kappa shape index (κ3) is 4.40. The molecular weight excluding hydrogens is 414 g/mol. The summed E-state index contributed by atoms with van der Waals surface area (Å²) < 4.78 is 5.75. The molecule has 1 amide bonds. The Morgan fingerprint density at radius 2 is 1.67 bits per heavy atom. The fraction of sp³-hybridized carbons (Fsp3) is 0.214. The van der Waals surface area contributed by atoms with Gasteiger partial charge in [0, 0.05) is 17.3 Å². The maximum absolute atomic E-state index is 13.3. The zero-order valence-electron chi connectivity index (χ0n) is 18.8. The first-order valence-electron chi connectivity index (χ1n) is 11.2. The van der Waals surface area contributed by atoms with Gasteiger partial charge >= 0.3 is 0 Å². The number of nitrogens with zero attached hydrogens (tertiary/aromatic N) is 1. The minimum absolute atomic E-state index is 0.0790. The summed E-state index contributed by atoms with van der Waals surface area (Å²) in [4.78, 5) is 28.0. The summed E-state index contributed by atoms with van der Waals surface area (Å²) in [5.74, 6) is -0.940. The van der Waals surface area contributed by atoms with Gasteiger partial charge in [-0.2, -0.15) is 0 Å². The lowest BCUT2D eigenvalue weighted by atomic mass is 9.94. The number of hydrogen-bond donors (Lipinski definition) is 1. The number of carbonyl (C=O) groups excluding carboxylic acids is 2. The standard InChI is InChI=1S/C28H27NO4/c1-3-17-33-23-12-8-11-22(18-23)29-25(20-15-13-19(4-2)14-16-20)24(27(31)28(29)32)26(30)21-9-6-5-7-10-21/h5-16,18,25,30H,3-4,17H2,1-2H3/b26-24+. The molecule has 33 heavy (non-hydrogen) atoms. The van der Waals surface area contributed by atoms with E-state index in [9.17, 15) is 14.7 Å². The van der Waals surface area contributed by atoms with E-state index in [1.165, 1.54) is 4.90 Å². The second-order valence-electron chi connectivity index (χ2n) is 7.98. The van der Waals surface area contributed by atoms with Gasteiger partial charge in [0.1, 0.15) is 11.5 Å². The van der Waals surface area contributed by atoms with Crippen LogP contribution in [-0.2, 0) is 16.0 Å². The average molecular weight is 442 g/mol. The summed E-state index contributed by atoms with van der Waals surface area (Å²) in [5, 5.41) is 11.1. The summed E-state index contributed by atoms with van der Waals surface area (Å²) in [7, 11) is 0. The van der Waals surface area contributed by atoms with Crippen LogP contribution in [0.3, 0.4) is 0 Å². The summed E-state index contributed by atoms with van der Waals surface area (Å²) in [5.41, 5.74) is 3.01. The van der Waals surface area contributed by atoms with Gasteiger partial charge in [-0.25, -0.2) is 0 Å². The highest BCUT2D eigenvalue weighted by molar-refractivity contribution is 6.51. The van der Waals surface area contributed by atoms with Crippen LogP contribution in [0.15, 0.2) is 84.4 Å². The van der Waals surface area contributed by atoms with Crippen molar-refractivity contribution in [3.63, 3.8) is 0 Å². The maximum Gasteiger partial charge on any atom is 0.300 e. The van der Waals surface area contributed by atoms with Gasteiger partial charge in [0.25, 0.3) is 11.7 Å². The summed E-state index contributed by atoms with van der Waals surface area (Å²) in [6.07, 6.45) is 1.73. The Hall–Kier alpha value is -3.86. The van der Waals surface area contributed by atoms with E-state index in [2.05, 4.69) is 6.92 Å². The van der Waals surface area contributed by atoms with Crippen LogP contribution in [0.5, 0.6) is 5.75 Å². The number of aliphatic hydroxyl groups is 1. The minimum atomic E-state index is -0.752. The number of aliphatic hydroxyl groups excluding tert-OH is 1. The lowest BCUT2D eigenvalue weighted by molar-refractivity contribution is -0.132. The molecule has 5 heteroatoms. The smallest absolute Gasteiger partial charge is 0.300 e. The van der Waals surface area contributed by atoms with E-state index in [0.717, 1.165) is 24.0 Å². The maximum atomic E-state index is 13.3. The van der Waals surface area contributed by atoms with Crippen LogP contribution in [0, 0.1) is 0 Å². The van der Waals surface area contributed by atoms with Crippen LogP contribution in [0.1, 0.15) is 43.0 Å². The van der Waals surface area contributed by atoms with Crippen molar-refractivity contribution in [1.82, 2.24) is 0 Å². The molecule has 0 spiro atoms. The Morgan fingerprint density at radius 1 is 0.939 bits per heavy atom. The predicted octanol–water partition coefficient (Wildman–Crippen LogP) is 5.66. The highest BCUT2D eigenvalue weighted by Gasteiger charge is 2.47. The fourth-order valence-electron chi connectivity index (χ4n) is 4.04. The molecule has 1 aliphatic rings. The molecule has 1 unspecified atom stereocenters. The number of ether oxygens (including phenoxy) is 1. The number of ketones is 1. The van der Waals surface area contributed by atoms with Gasteiger partial charge in [-0.3, -0.25) is 14.5 Å². The highest BCUT2D eigenvalue weighted by atomic mass is 16.5. The van der Waals surface area contributed by atoms with Crippen LogP contribution in [0.2, 0.25) is 0 Å². The zero-order valence-corrected chi connectivity index (χ0v) is 18.8. The van der Waals surface area contributed by atoms with Gasteiger partial charge in [0.2, 0.25) is 0 Å². The number of Topliss-reactive ketones (excluding diaryl/α,β-unsaturated/α-hetero) is 1. The van der Waals surface area contributed by atoms with Gasteiger partial charge in [0.15, 0.2) is 0 Å². The first-order valence-corrected chi connectivity index (χ1v) is 11.2. The quantitative estimate of drug-likeness (QED) is 0.292. The molecule has 0 bridgehead atoms. The Kier molecular flexibility index (Phi) is 6.59. The molecule has 1 fully saturated rings. The molecule has 3 aromatic rings. The Balaban J connectivity index is 1.88.